The smallest absolute Gasteiger partial charge is 0.189 e. The molecule has 0 saturated heterocycles. The van der Waals surface area contributed by atoms with Crippen LogP contribution in [0.3, 0.4) is 0 Å². The number of hydrogen-bond acceptors (Lipinski definition) is 6. The quantitative estimate of drug-likeness (QED) is 0.405. The average Bonchev–Trinajstić information content (AvgIpc) is 2.98. The number of anilines is 1. The molecule has 0 aliphatic carbocycles. The molecule has 0 spiro atoms. The van der Waals surface area contributed by atoms with Crippen molar-refractivity contribution in [3.8, 4) is 16.5 Å². The second-order valence-electron chi connectivity index (χ2n) is 4.69. The molecule has 3 rings (SSSR count). The highest BCUT2D eigenvalue weighted by Crippen LogP contribution is 2.33. The van der Waals surface area contributed by atoms with Crippen molar-refractivity contribution in [1.82, 2.24) is 9.97 Å². The molecule has 0 atom stereocenters. The Morgan fingerprint density at radius 1 is 1.22 bits per heavy atom. The van der Waals surface area contributed by atoms with Crippen molar-refractivity contribution in [3.05, 3.63) is 35.5 Å². The van der Waals surface area contributed by atoms with Crippen LogP contribution in [0.25, 0.3) is 20.9 Å². The molecule has 120 valence electrons. The molecular weight excluding hydrogens is 334 g/mol. The van der Waals surface area contributed by atoms with Crippen molar-refractivity contribution in [2.24, 2.45) is 0 Å². The highest BCUT2D eigenvalue weighted by Gasteiger charge is 2.10. The molecule has 0 fully saturated rings. The minimum Gasteiger partial charge on any atom is -0.468 e. The van der Waals surface area contributed by atoms with E-state index in [0.29, 0.717) is 11.8 Å². The van der Waals surface area contributed by atoms with Crippen LogP contribution in [0.4, 0.5) is 5.69 Å². The Hall–Kier alpha value is -1.89. The fourth-order valence-electron chi connectivity index (χ4n) is 2.04. The molecule has 0 bridgehead atoms. The Morgan fingerprint density at radius 2 is 2.09 bits per heavy atom. The van der Waals surface area contributed by atoms with Crippen molar-refractivity contribution in [3.63, 3.8) is 0 Å². The Kier molecular flexibility index (Phi) is 4.95. The number of halogens is 1. The first-order valence-corrected chi connectivity index (χ1v) is 8.36. The molecule has 1 N–H and O–H groups in total. The van der Waals surface area contributed by atoms with Crippen molar-refractivity contribution >= 4 is 38.8 Å². The van der Waals surface area contributed by atoms with Gasteiger partial charge in [0.25, 0.3) is 0 Å². The summed E-state index contributed by atoms with van der Waals surface area (Å²) in [7, 11) is 1.81. The summed E-state index contributed by atoms with van der Waals surface area (Å²) in [5.41, 5.74) is 2.46. The summed E-state index contributed by atoms with van der Waals surface area (Å²) in [5, 5.41) is 4.25. The van der Waals surface area contributed by atoms with Gasteiger partial charge in [0, 0.05) is 13.7 Å². The number of benzene rings is 1. The monoisotopic (exact) mass is 349 g/mol. The highest BCUT2D eigenvalue weighted by molar-refractivity contribution is 7.21. The van der Waals surface area contributed by atoms with Gasteiger partial charge in [-0.1, -0.05) is 11.6 Å². The highest BCUT2D eigenvalue weighted by atomic mass is 35.5. The Labute approximate surface area is 143 Å². The lowest BCUT2D eigenvalue weighted by Gasteiger charge is -2.04. The minimum absolute atomic E-state index is 0.246. The van der Waals surface area contributed by atoms with E-state index >= 15 is 0 Å². The number of aromatic nitrogens is 2. The van der Waals surface area contributed by atoms with Crippen LogP contribution in [-0.4, -0.2) is 30.4 Å². The zero-order valence-corrected chi connectivity index (χ0v) is 14.4. The lowest BCUT2D eigenvalue weighted by molar-refractivity contribution is 0.0225. The normalized spacial score (nSPS) is 10.9. The summed E-state index contributed by atoms with van der Waals surface area (Å²) in [5.74, 6) is 0.762. The van der Waals surface area contributed by atoms with Crippen LogP contribution in [0, 0.1) is 0 Å². The molecule has 1 aromatic carbocycles. The van der Waals surface area contributed by atoms with E-state index in [4.69, 9.17) is 21.1 Å². The number of thiazole rings is 1. The molecule has 23 heavy (non-hydrogen) atoms. The molecule has 2 aromatic heterocycles. The van der Waals surface area contributed by atoms with E-state index in [9.17, 15) is 0 Å². The molecule has 5 nitrogen and oxygen atoms in total. The summed E-state index contributed by atoms with van der Waals surface area (Å²) in [6, 6.07) is 9.57. The zero-order chi connectivity index (χ0) is 16.2. The maximum Gasteiger partial charge on any atom is 0.189 e. The molecule has 0 amide bonds. The first-order valence-electron chi connectivity index (χ1n) is 7.17. The van der Waals surface area contributed by atoms with Gasteiger partial charge >= 0.3 is 0 Å². The number of nitrogens with zero attached hydrogens (tertiary/aromatic N) is 2. The summed E-state index contributed by atoms with van der Waals surface area (Å²) >= 11 is 7.70. The third-order valence-electron chi connectivity index (χ3n) is 3.21. The molecule has 3 aromatic rings. The lowest BCUT2D eigenvalue weighted by Crippen LogP contribution is -2.01. The van der Waals surface area contributed by atoms with Crippen LogP contribution in [0.2, 0.25) is 5.15 Å². The van der Waals surface area contributed by atoms with Crippen molar-refractivity contribution in [2.45, 2.75) is 6.92 Å². The standard InChI is InChI=1S/C16H16ClN3O2S/c1-3-21-9-22-10-4-5-11-14(8-10)23-16(20-11)13-7-6-12(18-2)15(17)19-13/h4-8,18H,3,9H2,1-2H3. The summed E-state index contributed by atoms with van der Waals surface area (Å²) in [6.07, 6.45) is 0. The SMILES string of the molecule is CCOCOc1ccc2nc(-c3ccc(NC)c(Cl)n3)sc2c1. The first-order chi connectivity index (χ1) is 11.2. The van der Waals surface area contributed by atoms with Gasteiger partial charge in [0.15, 0.2) is 11.9 Å². The maximum atomic E-state index is 6.14. The largest absolute Gasteiger partial charge is 0.468 e. The van der Waals surface area contributed by atoms with Gasteiger partial charge in [-0.3, -0.25) is 0 Å². The van der Waals surface area contributed by atoms with Crippen LogP contribution in [0.1, 0.15) is 6.92 Å². The van der Waals surface area contributed by atoms with Crippen LogP contribution in [-0.2, 0) is 4.74 Å². The van der Waals surface area contributed by atoms with Crippen LogP contribution in [0.5, 0.6) is 5.75 Å². The van der Waals surface area contributed by atoms with Crippen LogP contribution < -0.4 is 10.1 Å². The van der Waals surface area contributed by atoms with Crippen molar-refractivity contribution < 1.29 is 9.47 Å². The molecule has 0 radical (unpaired) electrons. The van der Waals surface area contributed by atoms with E-state index in [1.807, 2.05) is 44.3 Å². The van der Waals surface area contributed by atoms with E-state index < -0.39 is 0 Å². The van der Waals surface area contributed by atoms with Gasteiger partial charge in [-0.05, 0) is 37.3 Å². The van der Waals surface area contributed by atoms with E-state index in [1.54, 1.807) is 11.3 Å². The topological polar surface area (TPSA) is 56.3 Å². The predicted molar refractivity (Wildman–Crippen MR) is 94.5 cm³/mol. The van der Waals surface area contributed by atoms with Crippen molar-refractivity contribution in [1.29, 1.82) is 0 Å². The van der Waals surface area contributed by atoms with Gasteiger partial charge in [-0.2, -0.15) is 0 Å². The van der Waals surface area contributed by atoms with E-state index in [-0.39, 0.29) is 6.79 Å². The maximum absolute atomic E-state index is 6.14. The van der Waals surface area contributed by atoms with Gasteiger partial charge < -0.3 is 14.8 Å². The number of nitrogens with one attached hydrogen (secondary N) is 1. The third-order valence-corrected chi connectivity index (χ3v) is 4.54. The Balaban J connectivity index is 1.89. The van der Waals surface area contributed by atoms with Crippen LogP contribution >= 0.6 is 22.9 Å². The van der Waals surface area contributed by atoms with Gasteiger partial charge in [0.05, 0.1) is 15.9 Å². The third kappa shape index (κ3) is 3.55. The Morgan fingerprint density at radius 3 is 2.83 bits per heavy atom. The lowest BCUT2D eigenvalue weighted by atomic mass is 10.3. The number of ether oxygens (including phenoxy) is 2. The van der Waals surface area contributed by atoms with Crippen molar-refractivity contribution in [2.75, 3.05) is 25.8 Å². The van der Waals surface area contributed by atoms with Gasteiger partial charge in [-0.15, -0.1) is 11.3 Å². The summed E-state index contributed by atoms with van der Waals surface area (Å²) in [6.45, 7) is 2.80. The van der Waals surface area contributed by atoms with Gasteiger partial charge in [0.1, 0.15) is 16.5 Å². The fraction of sp³-hybridized carbons (Fsp3) is 0.250. The molecule has 0 saturated carbocycles. The second-order valence-corrected chi connectivity index (χ2v) is 6.08. The molecular formula is C16H16ClN3O2S. The summed E-state index contributed by atoms with van der Waals surface area (Å²) in [4.78, 5) is 9.00. The number of fused-ring (bicyclic) bond motifs is 1. The number of rotatable bonds is 6. The fourth-order valence-corrected chi connectivity index (χ4v) is 3.25. The van der Waals surface area contributed by atoms with Gasteiger partial charge in [-0.25, -0.2) is 9.97 Å². The molecule has 0 unspecified atom stereocenters. The molecule has 0 aliphatic rings. The predicted octanol–water partition coefficient (Wildman–Crippen LogP) is 4.43. The first kappa shape index (κ1) is 16.0. The minimum atomic E-state index is 0.246. The van der Waals surface area contributed by atoms with E-state index in [1.165, 1.54) is 0 Å². The van der Waals surface area contributed by atoms with E-state index in [2.05, 4.69) is 15.3 Å². The molecule has 2 heterocycles. The number of pyridine rings is 1. The second kappa shape index (κ2) is 7.12. The average molecular weight is 350 g/mol. The summed E-state index contributed by atoms with van der Waals surface area (Å²) < 4.78 is 11.8. The molecule has 0 aliphatic heterocycles. The molecule has 7 heteroatoms. The van der Waals surface area contributed by atoms with E-state index in [0.717, 1.165) is 32.4 Å². The zero-order valence-electron chi connectivity index (χ0n) is 12.8. The van der Waals surface area contributed by atoms with Gasteiger partial charge in [0.2, 0.25) is 0 Å². The van der Waals surface area contributed by atoms with Crippen LogP contribution in [0.15, 0.2) is 30.3 Å². The Bertz CT molecular complexity index is 822. The number of hydrogen-bond donors (Lipinski definition) is 1.